The number of benzene rings is 2. The summed E-state index contributed by atoms with van der Waals surface area (Å²) in [4.78, 5) is 9.48. The van der Waals surface area contributed by atoms with Crippen molar-refractivity contribution in [2.45, 2.75) is 61.2 Å². The van der Waals surface area contributed by atoms with Crippen LogP contribution in [0.2, 0.25) is 0 Å². The standard InChI is InChI=1S/C21H25NO8S2/c1-21(2)16-10-9-14-15(11-13(31(25,26)27)12-17(14)32(28,29)30)20(16)22(3)18(21)7-5-4-6-8-19(23)24/h9-12H,4-8H2,1-3H3,(H2-,23,24,25,26,27,28,29,30)/p+1. The third kappa shape index (κ3) is 4.42. The molecule has 0 saturated heterocycles. The van der Waals surface area contributed by atoms with Crippen molar-refractivity contribution in [3.8, 4) is 0 Å². The quantitative estimate of drug-likeness (QED) is 0.293. The van der Waals surface area contributed by atoms with Crippen LogP contribution in [0.4, 0.5) is 5.69 Å². The summed E-state index contributed by atoms with van der Waals surface area (Å²) in [6.07, 6.45) is 2.84. The lowest BCUT2D eigenvalue weighted by Gasteiger charge is -2.18. The number of carboxylic acids is 1. The molecule has 2 aromatic carbocycles. The maximum Gasteiger partial charge on any atom is 0.303 e. The number of carbonyl (C=O) groups is 1. The van der Waals surface area contributed by atoms with Crippen LogP contribution in [0.15, 0.2) is 34.1 Å². The molecular formula is C21H26NO8S2+. The van der Waals surface area contributed by atoms with Crippen LogP contribution in [-0.2, 0) is 30.4 Å². The number of unbranched alkanes of at least 4 members (excludes halogenated alkanes) is 2. The van der Waals surface area contributed by atoms with Gasteiger partial charge in [-0.2, -0.15) is 16.8 Å². The van der Waals surface area contributed by atoms with Crippen LogP contribution in [0, 0.1) is 0 Å². The first-order valence-electron chi connectivity index (χ1n) is 10.0. The van der Waals surface area contributed by atoms with E-state index in [0.29, 0.717) is 18.5 Å². The predicted molar refractivity (Wildman–Crippen MR) is 118 cm³/mol. The molecule has 0 bridgehead atoms. The normalized spacial score (nSPS) is 15.9. The summed E-state index contributed by atoms with van der Waals surface area (Å²) in [7, 11) is -7.70. The first-order chi connectivity index (χ1) is 14.7. The molecule has 9 nitrogen and oxygen atoms in total. The molecule has 1 aliphatic rings. The number of hydrogen-bond acceptors (Lipinski definition) is 5. The van der Waals surface area contributed by atoms with Gasteiger partial charge in [-0.25, -0.2) is 4.58 Å². The van der Waals surface area contributed by atoms with Gasteiger partial charge in [-0.1, -0.05) is 18.6 Å². The average Bonchev–Trinajstić information content (AvgIpc) is 2.85. The Kier molecular flexibility index (Phi) is 6.24. The first-order valence-corrected chi connectivity index (χ1v) is 12.9. The van der Waals surface area contributed by atoms with Gasteiger partial charge >= 0.3 is 5.97 Å². The molecule has 0 fully saturated rings. The Balaban J connectivity index is 2.19. The molecule has 0 spiro atoms. The van der Waals surface area contributed by atoms with Crippen molar-refractivity contribution in [1.29, 1.82) is 0 Å². The van der Waals surface area contributed by atoms with E-state index < -0.39 is 41.4 Å². The van der Waals surface area contributed by atoms with E-state index in [1.807, 2.05) is 18.4 Å². The number of fused-ring (bicyclic) bond motifs is 3. The lowest BCUT2D eigenvalue weighted by molar-refractivity contribution is -0.402. The molecule has 2 aromatic rings. The minimum atomic E-state index is -4.77. The zero-order chi connectivity index (χ0) is 24.1. The molecule has 1 aliphatic heterocycles. The fourth-order valence-electron chi connectivity index (χ4n) is 4.52. The SMILES string of the molecule is C[N+]1=C(CCCCCC(=O)O)C(C)(C)c2ccc3c(S(=O)(=O)O)cc(S(=O)(=O)O)cc3c21. The zero-order valence-corrected chi connectivity index (χ0v) is 19.6. The fraction of sp³-hybridized carbons (Fsp3) is 0.429. The molecule has 174 valence electrons. The summed E-state index contributed by atoms with van der Waals surface area (Å²) >= 11 is 0. The van der Waals surface area contributed by atoms with Gasteiger partial charge in [0.15, 0.2) is 5.71 Å². The third-order valence-corrected chi connectivity index (χ3v) is 7.78. The molecule has 0 aromatic heterocycles. The maximum absolute atomic E-state index is 12.0. The van der Waals surface area contributed by atoms with Gasteiger partial charge in [-0.15, -0.1) is 0 Å². The summed E-state index contributed by atoms with van der Waals surface area (Å²) in [6.45, 7) is 4.01. The van der Waals surface area contributed by atoms with E-state index in [1.54, 1.807) is 13.1 Å². The molecule has 0 atom stereocenters. The number of hydrogen-bond donors (Lipinski definition) is 3. The molecule has 11 heteroatoms. The van der Waals surface area contributed by atoms with Crippen LogP contribution >= 0.6 is 0 Å². The van der Waals surface area contributed by atoms with Crippen molar-refractivity contribution >= 4 is 48.4 Å². The highest BCUT2D eigenvalue weighted by Gasteiger charge is 2.45. The van der Waals surface area contributed by atoms with Crippen LogP contribution in [0.5, 0.6) is 0 Å². The summed E-state index contributed by atoms with van der Waals surface area (Å²) in [5.41, 5.74) is 2.02. The molecule has 0 radical (unpaired) electrons. The van der Waals surface area contributed by atoms with Gasteiger partial charge in [-0.05, 0) is 38.8 Å². The Hall–Kier alpha value is -2.34. The first kappa shape index (κ1) is 24.3. The summed E-state index contributed by atoms with van der Waals surface area (Å²) in [5, 5.41) is 9.21. The van der Waals surface area contributed by atoms with Crippen LogP contribution in [0.3, 0.4) is 0 Å². The largest absolute Gasteiger partial charge is 0.481 e. The second kappa shape index (κ2) is 8.22. The van der Waals surface area contributed by atoms with Gasteiger partial charge in [0.2, 0.25) is 5.69 Å². The highest BCUT2D eigenvalue weighted by molar-refractivity contribution is 7.86. The Bertz CT molecular complexity index is 1360. The molecule has 32 heavy (non-hydrogen) atoms. The minimum Gasteiger partial charge on any atom is -0.481 e. The number of carboxylic acid groups (broad SMARTS) is 1. The van der Waals surface area contributed by atoms with Crippen LogP contribution in [0.1, 0.15) is 51.5 Å². The second-order valence-electron chi connectivity index (χ2n) is 8.51. The molecular weight excluding hydrogens is 458 g/mol. The van der Waals surface area contributed by atoms with Crippen molar-refractivity contribution in [2.24, 2.45) is 0 Å². The molecule has 1 heterocycles. The molecule has 0 unspecified atom stereocenters. The van der Waals surface area contributed by atoms with Crippen LogP contribution in [0.25, 0.3) is 10.8 Å². The van der Waals surface area contributed by atoms with Crippen LogP contribution in [-0.4, -0.2) is 54.4 Å². The molecule has 3 N–H and O–H groups in total. The maximum atomic E-state index is 12.0. The Labute approximate surface area is 186 Å². The van der Waals surface area contributed by atoms with Gasteiger partial charge in [0.1, 0.15) is 11.9 Å². The fourth-order valence-corrected chi connectivity index (χ4v) is 5.86. The van der Waals surface area contributed by atoms with Gasteiger partial charge in [0, 0.05) is 23.8 Å². The van der Waals surface area contributed by atoms with Gasteiger partial charge in [-0.3, -0.25) is 13.9 Å². The van der Waals surface area contributed by atoms with Crippen molar-refractivity contribution in [3.05, 3.63) is 29.8 Å². The zero-order valence-electron chi connectivity index (χ0n) is 18.0. The molecule has 3 rings (SSSR count). The number of nitrogens with zero attached hydrogens (tertiary/aromatic N) is 1. The van der Waals surface area contributed by atoms with Crippen molar-refractivity contribution in [2.75, 3.05) is 7.05 Å². The lowest BCUT2D eigenvalue weighted by Crippen LogP contribution is -2.28. The van der Waals surface area contributed by atoms with Crippen molar-refractivity contribution in [1.82, 2.24) is 0 Å². The van der Waals surface area contributed by atoms with E-state index in [-0.39, 0.29) is 17.2 Å². The summed E-state index contributed by atoms with van der Waals surface area (Å²) in [6, 6.07) is 5.23. The minimum absolute atomic E-state index is 0.107. The average molecular weight is 485 g/mol. The second-order valence-corrected chi connectivity index (χ2v) is 11.3. The van der Waals surface area contributed by atoms with E-state index in [9.17, 15) is 30.7 Å². The highest BCUT2D eigenvalue weighted by Crippen LogP contribution is 2.45. The van der Waals surface area contributed by atoms with E-state index in [1.165, 1.54) is 12.1 Å². The van der Waals surface area contributed by atoms with E-state index in [0.717, 1.165) is 30.2 Å². The van der Waals surface area contributed by atoms with Gasteiger partial charge in [0.05, 0.1) is 15.7 Å². The van der Waals surface area contributed by atoms with E-state index in [2.05, 4.69) is 0 Å². The smallest absolute Gasteiger partial charge is 0.303 e. The summed E-state index contributed by atoms with van der Waals surface area (Å²) < 4.78 is 68.7. The van der Waals surface area contributed by atoms with Crippen LogP contribution < -0.4 is 0 Å². The number of aliphatic carboxylic acids is 1. The molecule has 0 amide bonds. The number of rotatable bonds is 8. The van der Waals surface area contributed by atoms with E-state index in [4.69, 9.17) is 5.11 Å². The molecule has 0 aliphatic carbocycles. The third-order valence-electron chi connectivity index (χ3n) is 6.06. The molecule has 0 saturated carbocycles. The Morgan fingerprint density at radius 3 is 2.19 bits per heavy atom. The van der Waals surface area contributed by atoms with Crippen molar-refractivity contribution < 1.29 is 40.4 Å². The highest BCUT2D eigenvalue weighted by atomic mass is 32.2. The monoisotopic (exact) mass is 484 g/mol. The Morgan fingerprint density at radius 2 is 1.62 bits per heavy atom. The van der Waals surface area contributed by atoms with Gasteiger partial charge < -0.3 is 5.11 Å². The van der Waals surface area contributed by atoms with Crippen molar-refractivity contribution in [3.63, 3.8) is 0 Å². The van der Waals surface area contributed by atoms with E-state index >= 15 is 0 Å². The Morgan fingerprint density at radius 1 is 0.969 bits per heavy atom. The lowest BCUT2D eigenvalue weighted by atomic mass is 9.79. The topological polar surface area (TPSA) is 149 Å². The summed E-state index contributed by atoms with van der Waals surface area (Å²) in [5.74, 6) is -0.834. The van der Waals surface area contributed by atoms with Gasteiger partial charge in [0.25, 0.3) is 20.2 Å². The predicted octanol–water partition coefficient (Wildman–Crippen LogP) is 3.37.